The van der Waals surface area contributed by atoms with E-state index in [1.165, 1.54) is 6.92 Å². The summed E-state index contributed by atoms with van der Waals surface area (Å²) < 4.78 is 5.99. The molecule has 6 heteroatoms. The second-order valence-electron chi connectivity index (χ2n) is 7.92. The minimum absolute atomic E-state index is 0.242. The van der Waals surface area contributed by atoms with Crippen LogP contribution >= 0.6 is 0 Å². The van der Waals surface area contributed by atoms with Crippen LogP contribution in [0.2, 0.25) is 0 Å². The average molecular weight is 442 g/mol. The van der Waals surface area contributed by atoms with Gasteiger partial charge in [-0.05, 0) is 23.3 Å². The van der Waals surface area contributed by atoms with E-state index in [9.17, 15) is 9.59 Å². The number of para-hydroxylation sites is 2. The fourth-order valence-corrected chi connectivity index (χ4v) is 3.81. The Morgan fingerprint density at radius 2 is 1.64 bits per heavy atom. The summed E-state index contributed by atoms with van der Waals surface area (Å²) in [5, 5.41) is 6.79. The molecule has 0 bridgehead atoms. The lowest BCUT2D eigenvalue weighted by atomic mass is 10.0. The Morgan fingerprint density at radius 3 is 2.45 bits per heavy atom. The van der Waals surface area contributed by atoms with Crippen molar-refractivity contribution in [2.75, 3.05) is 0 Å². The van der Waals surface area contributed by atoms with E-state index in [2.05, 4.69) is 15.6 Å². The van der Waals surface area contributed by atoms with Crippen molar-refractivity contribution in [2.45, 2.75) is 32.5 Å². The quantitative estimate of drug-likeness (QED) is 0.366. The summed E-state index contributed by atoms with van der Waals surface area (Å²) in [6.45, 7) is 2.16. The van der Waals surface area contributed by atoms with Crippen molar-refractivity contribution in [1.82, 2.24) is 15.6 Å². The first-order chi connectivity index (χ1) is 16.1. The van der Waals surface area contributed by atoms with Gasteiger partial charge in [-0.25, -0.2) is 0 Å². The van der Waals surface area contributed by atoms with E-state index in [0.717, 1.165) is 27.6 Å². The third-order valence-electron chi connectivity index (χ3n) is 5.46. The number of fused-ring (bicyclic) bond motifs is 1. The summed E-state index contributed by atoms with van der Waals surface area (Å²) in [6, 6.07) is 24.8. The van der Waals surface area contributed by atoms with Crippen LogP contribution in [-0.2, 0) is 29.2 Å². The first-order valence-corrected chi connectivity index (χ1v) is 10.9. The second-order valence-corrected chi connectivity index (χ2v) is 7.92. The molecule has 0 aliphatic carbocycles. The molecule has 0 radical (unpaired) electrons. The molecule has 4 aromatic rings. The van der Waals surface area contributed by atoms with Gasteiger partial charge in [0, 0.05) is 42.6 Å². The highest BCUT2D eigenvalue weighted by Gasteiger charge is 2.21. The number of ether oxygens (including phenoxy) is 1. The summed E-state index contributed by atoms with van der Waals surface area (Å²) in [7, 11) is 0. The molecule has 1 unspecified atom stereocenters. The van der Waals surface area contributed by atoms with Crippen molar-refractivity contribution < 1.29 is 14.3 Å². The van der Waals surface area contributed by atoms with Gasteiger partial charge >= 0.3 is 0 Å². The van der Waals surface area contributed by atoms with Gasteiger partial charge in [-0.15, -0.1) is 0 Å². The molecule has 0 fully saturated rings. The molecule has 0 saturated heterocycles. The lowest BCUT2D eigenvalue weighted by Crippen LogP contribution is -2.47. The highest BCUT2D eigenvalue weighted by molar-refractivity contribution is 5.89. The zero-order valence-corrected chi connectivity index (χ0v) is 18.5. The summed E-state index contributed by atoms with van der Waals surface area (Å²) in [5.74, 6) is 0.226. The fraction of sp³-hybridized carbons (Fsp3) is 0.185. The van der Waals surface area contributed by atoms with Crippen LogP contribution in [0.4, 0.5) is 0 Å². The van der Waals surface area contributed by atoms with E-state index in [1.807, 2.05) is 85.1 Å². The third-order valence-corrected chi connectivity index (χ3v) is 5.46. The van der Waals surface area contributed by atoms with Gasteiger partial charge in [0.25, 0.3) is 0 Å². The Morgan fingerprint density at radius 1 is 0.909 bits per heavy atom. The maximum Gasteiger partial charge on any atom is 0.243 e. The molecule has 168 valence electrons. The summed E-state index contributed by atoms with van der Waals surface area (Å²) in [5.41, 5.74) is 3.92. The number of benzene rings is 3. The molecule has 0 aliphatic heterocycles. The number of carbonyl (C=O) groups excluding carboxylic acids is 2. The minimum atomic E-state index is -0.681. The maximum atomic E-state index is 13.0. The Kier molecular flexibility index (Phi) is 7.05. The van der Waals surface area contributed by atoms with E-state index in [1.54, 1.807) is 0 Å². The van der Waals surface area contributed by atoms with Crippen LogP contribution in [0.3, 0.4) is 0 Å². The Balaban J connectivity index is 1.43. The minimum Gasteiger partial charge on any atom is -0.489 e. The molecule has 0 spiro atoms. The number of amides is 2. The maximum absolute atomic E-state index is 13.0. The summed E-state index contributed by atoms with van der Waals surface area (Å²) in [6.07, 6.45) is 2.28. The van der Waals surface area contributed by atoms with Crippen LogP contribution < -0.4 is 15.4 Å². The predicted molar refractivity (Wildman–Crippen MR) is 129 cm³/mol. The van der Waals surface area contributed by atoms with Gasteiger partial charge < -0.3 is 20.4 Å². The average Bonchev–Trinajstić information content (AvgIpc) is 3.24. The topological polar surface area (TPSA) is 83.2 Å². The molecule has 1 atom stereocenters. The molecular weight excluding hydrogens is 414 g/mol. The van der Waals surface area contributed by atoms with Crippen LogP contribution in [0.1, 0.15) is 23.6 Å². The number of aromatic nitrogens is 1. The smallest absolute Gasteiger partial charge is 0.243 e. The number of hydrogen-bond donors (Lipinski definition) is 3. The normalized spacial score (nSPS) is 11.7. The SMILES string of the molecule is CC(=O)NC(Cc1c[nH]c2ccccc12)C(=O)NCc1ccccc1OCc1ccccc1. The standard InChI is InChI=1S/C27H27N3O3/c1-19(31)30-25(15-22-17-28-24-13-7-6-12-23(22)24)27(32)29-16-21-11-5-8-14-26(21)33-18-20-9-3-2-4-10-20/h2-14,17,25,28H,15-16,18H2,1H3,(H,29,32)(H,30,31). The summed E-state index contributed by atoms with van der Waals surface area (Å²) in [4.78, 5) is 28.0. The number of hydrogen-bond acceptors (Lipinski definition) is 3. The van der Waals surface area contributed by atoms with E-state index < -0.39 is 6.04 Å². The lowest BCUT2D eigenvalue weighted by molar-refractivity contribution is -0.128. The van der Waals surface area contributed by atoms with Gasteiger partial charge in [0.1, 0.15) is 18.4 Å². The molecule has 3 aromatic carbocycles. The van der Waals surface area contributed by atoms with Crippen molar-refractivity contribution in [1.29, 1.82) is 0 Å². The third kappa shape index (κ3) is 5.80. The van der Waals surface area contributed by atoms with Gasteiger partial charge in [-0.1, -0.05) is 66.7 Å². The van der Waals surface area contributed by atoms with Gasteiger partial charge in [0.15, 0.2) is 0 Å². The second kappa shape index (κ2) is 10.5. The van der Waals surface area contributed by atoms with E-state index >= 15 is 0 Å². The Bertz CT molecular complexity index is 1230. The molecule has 6 nitrogen and oxygen atoms in total. The van der Waals surface area contributed by atoms with Gasteiger partial charge in [0.05, 0.1) is 0 Å². The van der Waals surface area contributed by atoms with Crippen molar-refractivity contribution in [3.8, 4) is 5.75 Å². The largest absolute Gasteiger partial charge is 0.489 e. The van der Waals surface area contributed by atoms with Crippen LogP contribution in [-0.4, -0.2) is 22.8 Å². The molecule has 1 heterocycles. The van der Waals surface area contributed by atoms with E-state index in [-0.39, 0.29) is 11.8 Å². The van der Waals surface area contributed by atoms with E-state index in [0.29, 0.717) is 25.3 Å². The van der Waals surface area contributed by atoms with Crippen molar-refractivity contribution in [2.24, 2.45) is 0 Å². The first-order valence-electron chi connectivity index (χ1n) is 10.9. The van der Waals surface area contributed by atoms with Gasteiger partial charge in [-0.2, -0.15) is 0 Å². The van der Waals surface area contributed by atoms with Crippen molar-refractivity contribution >= 4 is 22.7 Å². The molecule has 4 rings (SSSR count). The molecule has 2 amide bonds. The summed E-state index contributed by atoms with van der Waals surface area (Å²) >= 11 is 0. The monoisotopic (exact) mass is 441 g/mol. The van der Waals surface area contributed by atoms with Crippen LogP contribution in [0.25, 0.3) is 10.9 Å². The molecule has 3 N–H and O–H groups in total. The fourth-order valence-electron chi connectivity index (χ4n) is 3.81. The highest BCUT2D eigenvalue weighted by atomic mass is 16.5. The van der Waals surface area contributed by atoms with Crippen molar-refractivity contribution in [3.05, 3.63) is 102 Å². The number of carbonyl (C=O) groups is 2. The van der Waals surface area contributed by atoms with E-state index in [4.69, 9.17) is 4.74 Å². The Hall–Kier alpha value is -4.06. The molecular formula is C27H27N3O3. The zero-order chi connectivity index (χ0) is 23.0. The molecule has 1 aromatic heterocycles. The zero-order valence-electron chi connectivity index (χ0n) is 18.5. The Labute approximate surface area is 193 Å². The number of H-pyrrole nitrogens is 1. The van der Waals surface area contributed by atoms with Crippen LogP contribution in [0, 0.1) is 0 Å². The molecule has 33 heavy (non-hydrogen) atoms. The van der Waals surface area contributed by atoms with Crippen LogP contribution in [0.15, 0.2) is 85.1 Å². The molecule has 0 saturated carbocycles. The molecule has 0 aliphatic rings. The highest BCUT2D eigenvalue weighted by Crippen LogP contribution is 2.21. The first kappa shape index (κ1) is 22.1. The number of aromatic amines is 1. The van der Waals surface area contributed by atoms with Gasteiger partial charge in [0.2, 0.25) is 11.8 Å². The van der Waals surface area contributed by atoms with Crippen molar-refractivity contribution in [3.63, 3.8) is 0 Å². The number of rotatable bonds is 9. The van der Waals surface area contributed by atoms with Crippen LogP contribution in [0.5, 0.6) is 5.75 Å². The number of nitrogens with one attached hydrogen (secondary N) is 3. The lowest BCUT2D eigenvalue weighted by Gasteiger charge is -2.18. The predicted octanol–water partition coefficient (Wildman–Crippen LogP) is 4.11. The van der Waals surface area contributed by atoms with Gasteiger partial charge in [-0.3, -0.25) is 9.59 Å².